The van der Waals surface area contributed by atoms with Gasteiger partial charge in [0.25, 0.3) is 0 Å². The number of aromatic carboxylic acids is 1. The highest BCUT2D eigenvalue weighted by molar-refractivity contribution is 6.03. The summed E-state index contributed by atoms with van der Waals surface area (Å²) in [6.45, 7) is 1.81. The predicted molar refractivity (Wildman–Crippen MR) is 73.3 cm³/mol. The Labute approximate surface area is 114 Å². The number of carboxylic acids is 1. The van der Waals surface area contributed by atoms with Crippen molar-refractivity contribution in [3.05, 3.63) is 59.4 Å². The molecule has 2 aromatic carbocycles. The number of rotatable bonds is 2. The van der Waals surface area contributed by atoms with Crippen LogP contribution in [0.3, 0.4) is 0 Å². The average molecular weight is 270 g/mol. The Bertz CT molecular complexity index is 800. The number of halogens is 1. The molecule has 0 atom stereocenters. The zero-order chi connectivity index (χ0) is 14.3. The minimum atomic E-state index is -0.995. The SMILES string of the molecule is Cc1cc(C(=O)O)c2cc(-c3ccc(F)cc3)oc2c1. The summed E-state index contributed by atoms with van der Waals surface area (Å²) in [5.41, 5.74) is 2.24. The summed E-state index contributed by atoms with van der Waals surface area (Å²) in [4.78, 5) is 11.3. The number of aryl methyl sites for hydroxylation is 1. The second-order valence-corrected chi connectivity index (χ2v) is 4.65. The summed E-state index contributed by atoms with van der Waals surface area (Å²) < 4.78 is 18.6. The molecule has 0 saturated carbocycles. The first kappa shape index (κ1) is 12.4. The summed E-state index contributed by atoms with van der Waals surface area (Å²) in [5.74, 6) is -0.801. The van der Waals surface area contributed by atoms with Gasteiger partial charge in [0.2, 0.25) is 0 Å². The van der Waals surface area contributed by atoms with E-state index in [9.17, 15) is 14.3 Å². The van der Waals surface area contributed by atoms with E-state index < -0.39 is 5.97 Å². The lowest BCUT2D eigenvalue weighted by Gasteiger charge is -1.98. The molecule has 0 unspecified atom stereocenters. The first-order valence-electron chi connectivity index (χ1n) is 6.08. The van der Waals surface area contributed by atoms with E-state index in [1.807, 2.05) is 6.92 Å². The first-order chi connectivity index (χ1) is 9.54. The molecule has 1 aromatic heterocycles. The first-order valence-corrected chi connectivity index (χ1v) is 6.08. The van der Waals surface area contributed by atoms with Crippen LogP contribution < -0.4 is 0 Å². The van der Waals surface area contributed by atoms with Gasteiger partial charge in [-0.15, -0.1) is 0 Å². The van der Waals surface area contributed by atoms with Crippen molar-refractivity contribution in [2.75, 3.05) is 0 Å². The van der Waals surface area contributed by atoms with Crippen molar-refractivity contribution in [1.82, 2.24) is 0 Å². The van der Waals surface area contributed by atoms with Crippen LogP contribution in [0.15, 0.2) is 46.9 Å². The van der Waals surface area contributed by atoms with Crippen molar-refractivity contribution < 1.29 is 18.7 Å². The molecule has 20 heavy (non-hydrogen) atoms. The van der Waals surface area contributed by atoms with Crippen LogP contribution in [0.4, 0.5) is 4.39 Å². The fraction of sp³-hybridized carbons (Fsp3) is 0.0625. The summed E-state index contributed by atoms with van der Waals surface area (Å²) in [7, 11) is 0. The maximum absolute atomic E-state index is 12.9. The lowest BCUT2D eigenvalue weighted by atomic mass is 10.1. The van der Waals surface area contributed by atoms with Gasteiger partial charge in [-0.05, 0) is 55.0 Å². The minimum Gasteiger partial charge on any atom is -0.478 e. The highest BCUT2D eigenvalue weighted by atomic mass is 19.1. The van der Waals surface area contributed by atoms with Gasteiger partial charge in [-0.25, -0.2) is 9.18 Å². The lowest BCUT2D eigenvalue weighted by Crippen LogP contribution is -1.96. The smallest absolute Gasteiger partial charge is 0.336 e. The van der Waals surface area contributed by atoms with Gasteiger partial charge in [-0.1, -0.05) is 0 Å². The van der Waals surface area contributed by atoms with E-state index in [2.05, 4.69) is 0 Å². The molecule has 0 saturated heterocycles. The van der Waals surface area contributed by atoms with Gasteiger partial charge in [-0.2, -0.15) is 0 Å². The molecule has 0 fully saturated rings. The van der Waals surface area contributed by atoms with Gasteiger partial charge in [0.1, 0.15) is 17.2 Å². The number of hydrogen-bond donors (Lipinski definition) is 1. The Hall–Kier alpha value is -2.62. The van der Waals surface area contributed by atoms with Crippen molar-refractivity contribution in [2.24, 2.45) is 0 Å². The average Bonchev–Trinajstić information content (AvgIpc) is 2.81. The Morgan fingerprint density at radius 1 is 1.15 bits per heavy atom. The molecular weight excluding hydrogens is 259 g/mol. The maximum Gasteiger partial charge on any atom is 0.336 e. The van der Waals surface area contributed by atoms with Gasteiger partial charge in [0, 0.05) is 10.9 Å². The zero-order valence-corrected chi connectivity index (χ0v) is 10.7. The van der Waals surface area contributed by atoms with Crippen molar-refractivity contribution >= 4 is 16.9 Å². The normalized spacial score (nSPS) is 10.9. The van der Waals surface area contributed by atoms with Crippen molar-refractivity contribution in [1.29, 1.82) is 0 Å². The minimum absolute atomic E-state index is 0.206. The molecule has 3 rings (SSSR count). The molecule has 1 N–H and O–H groups in total. The lowest BCUT2D eigenvalue weighted by molar-refractivity contribution is 0.0699. The van der Waals surface area contributed by atoms with Crippen LogP contribution in [0, 0.1) is 12.7 Å². The molecule has 4 heteroatoms. The highest BCUT2D eigenvalue weighted by Crippen LogP contribution is 2.31. The van der Waals surface area contributed by atoms with E-state index in [4.69, 9.17) is 4.42 Å². The van der Waals surface area contributed by atoms with Crippen LogP contribution >= 0.6 is 0 Å². The number of benzene rings is 2. The second-order valence-electron chi connectivity index (χ2n) is 4.65. The summed E-state index contributed by atoms with van der Waals surface area (Å²) in [6, 6.07) is 10.9. The molecule has 0 bridgehead atoms. The Morgan fingerprint density at radius 2 is 1.85 bits per heavy atom. The van der Waals surface area contributed by atoms with E-state index >= 15 is 0 Å². The summed E-state index contributed by atoms with van der Waals surface area (Å²) in [5, 5.41) is 9.78. The molecular formula is C16H11FO3. The van der Waals surface area contributed by atoms with Gasteiger partial charge in [0.05, 0.1) is 5.56 Å². The zero-order valence-electron chi connectivity index (χ0n) is 10.7. The van der Waals surface area contributed by atoms with Crippen LogP contribution in [-0.4, -0.2) is 11.1 Å². The van der Waals surface area contributed by atoms with Gasteiger partial charge in [-0.3, -0.25) is 0 Å². The molecule has 0 amide bonds. The third-order valence-electron chi connectivity index (χ3n) is 3.14. The topological polar surface area (TPSA) is 50.4 Å². The quantitative estimate of drug-likeness (QED) is 0.757. The fourth-order valence-electron chi connectivity index (χ4n) is 2.21. The van der Waals surface area contributed by atoms with E-state index in [0.717, 1.165) is 5.56 Å². The summed E-state index contributed by atoms with van der Waals surface area (Å²) in [6.07, 6.45) is 0. The van der Waals surface area contributed by atoms with Crippen molar-refractivity contribution in [2.45, 2.75) is 6.92 Å². The second kappa shape index (κ2) is 4.49. The number of carbonyl (C=O) groups is 1. The van der Waals surface area contributed by atoms with E-state index in [1.165, 1.54) is 12.1 Å². The Kier molecular flexibility index (Phi) is 2.79. The number of hydrogen-bond acceptors (Lipinski definition) is 2. The van der Waals surface area contributed by atoms with Crippen LogP contribution in [0.25, 0.3) is 22.3 Å². The number of carboxylic acid groups (broad SMARTS) is 1. The number of fused-ring (bicyclic) bond motifs is 1. The van der Waals surface area contributed by atoms with Gasteiger partial charge < -0.3 is 9.52 Å². The molecule has 0 aliphatic carbocycles. The van der Waals surface area contributed by atoms with Crippen LogP contribution in [0.5, 0.6) is 0 Å². The fourth-order valence-corrected chi connectivity index (χ4v) is 2.21. The monoisotopic (exact) mass is 270 g/mol. The molecule has 100 valence electrons. The molecule has 0 radical (unpaired) electrons. The summed E-state index contributed by atoms with van der Waals surface area (Å²) >= 11 is 0. The van der Waals surface area contributed by atoms with E-state index in [-0.39, 0.29) is 11.4 Å². The van der Waals surface area contributed by atoms with Crippen LogP contribution in [0.2, 0.25) is 0 Å². The Balaban J connectivity index is 2.22. The molecule has 3 aromatic rings. The standard InChI is InChI=1S/C16H11FO3/c1-9-6-13(16(18)19)12-8-14(20-15(12)7-9)10-2-4-11(17)5-3-10/h2-8H,1H3,(H,18,19). The largest absolute Gasteiger partial charge is 0.478 e. The van der Waals surface area contributed by atoms with Gasteiger partial charge >= 0.3 is 5.97 Å². The molecule has 0 aliphatic heterocycles. The van der Waals surface area contributed by atoms with E-state index in [0.29, 0.717) is 22.3 Å². The maximum atomic E-state index is 12.9. The van der Waals surface area contributed by atoms with Crippen molar-refractivity contribution in [3.63, 3.8) is 0 Å². The van der Waals surface area contributed by atoms with Crippen molar-refractivity contribution in [3.8, 4) is 11.3 Å². The highest BCUT2D eigenvalue weighted by Gasteiger charge is 2.14. The third kappa shape index (κ3) is 2.05. The molecule has 3 nitrogen and oxygen atoms in total. The van der Waals surface area contributed by atoms with Gasteiger partial charge in [0.15, 0.2) is 0 Å². The van der Waals surface area contributed by atoms with Crippen LogP contribution in [0.1, 0.15) is 15.9 Å². The Morgan fingerprint density at radius 3 is 2.50 bits per heavy atom. The molecule has 1 heterocycles. The third-order valence-corrected chi connectivity index (χ3v) is 3.14. The van der Waals surface area contributed by atoms with Crippen LogP contribution in [-0.2, 0) is 0 Å². The molecule has 0 aliphatic rings. The predicted octanol–water partition coefficient (Wildman–Crippen LogP) is 4.25. The van der Waals surface area contributed by atoms with E-state index in [1.54, 1.807) is 30.3 Å². The molecule has 0 spiro atoms. The number of furan rings is 1.